The molecule has 1 saturated heterocycles. The van der Waals surface area contributed by atoms with E-state index >= 15 is 0 Å². The summed E-state index contributed by atoms with van der Waals surface area (Å²) in [7, 11) is 0. The van der Waals surface area contributed by atoms with E-state index in [1.165, 1.54) is 21.2 Å². The van der Waals surface area contributed by atoms with Crippen LogP contribution >= 0.6 is 15.9 Å². The first-order valence-corrected chi connectivity index (χ1v) is 12.5. The molecule has 0 aliphatic carbocycles. The molecule has 2 heterocycles. The Labute approximate surface area is 216 Å². The SMILES string of the molecule is O=C1N/C(=C/c2cn(Cc3cccc4ccccc34)c3ccccc23)C(=O)N1Cc1ccc(Br)cc1. The molecule has 5 nitrogen and oxygen atoms in total. The van der Waals surface area contributed by atoms with Gasteiger partial charge >= 0.3 is 6.03 Å². The summed E-state index contributed by atoms with van der Waals surface area (Å²) >= 11 is 3.41. The van der Waals surface area contributed by atoms with E-state index in [4.69, 9.17) is 0 Å². The molecule has 0 atom stereocenters. The predicted octanol–water partition coefficient (Wildman–Crippen LogP) is 6.70. The third kappa shape index (κ3) is 4.10. The van der Waals surface area contributed by atoms with Gasteiger partial charge in [-0.05, 0) is 46.2 Å². The van der Waals surface area contributed by atoms with Crippen LogP contribution in [0, 0.1) is 0 Å². The average molecular weight is 536 g/mol. The Balaban J connectivity index is 1.34. The van der Waals surface area contributed by atoms with Gasteiger partial charge in [0.15, 0.2) is 0 Å². The standard InChI is InChI=1S/C30H22BrN3O2/c31-24-14-12-20(13-15-24)17-34-29(35)27(32-30(34)36)16-23-19-33(28-11-4-3-10-26(23)28)18-22-8-5-7-21-6-1-2-9-25(21)22/h1-16,19H,17-18H2,(H,32,36)/b27-16+. The summed E-state index contributed by atoms with van der Waals surface area (Å²) in [6.45, 7) is 0.916. The summed E-state index contributed by atoms with van der Waals surface area (Å²) in [4.78, 5) is 27.0. The number of fused-ring (bicyclic) bond motifs is 2. The Bertz CT molecular complexity index is 1660. The topological polar surface area (TPSA) is 54.3 Å². The highest BCUT2D eigenvalue weighted by Gasteiger charge is 2.33. The van der Waals surface area contributed by atoms with Crippen molar-refractivity contribution in [3.05, 3.63) is 124 Å². The largest absolute Gasteiger partial charge is 0.342 e. The quantitative estimate of drug-likeness (QED) is 0.201. The third-order valence-corrected chi connectivity index (χ3v) is 7.08. The first kappa shape index (κ1) is 22.3. The molecule has 1 aliphatic rings. The Morgan fingerprint density at radius 3 is 2.33 bits per heavy atom. The Kier molecular flexibility index (Phi) is 5.66. The van der Waals surface area contributed by atoms with Crippen molar-refractivity contribution in [1.29, 1.82) is 0 Å². The highest BCUT2D eigenvalue weighted by atomic mass is 79.9. The van der Waals surface area contributed by atoms with Crippen molar-refractivity contribution in [1.82, 2.24) is 14.8 Å². The Hall–Kier alpha value is -4.16. The minimum Gasteiger partial charge on any atom is -0.342 e. The number of nitrogens with zero attached hydrogens (tertiary/aromatic N) is 2. The van der Waals surface area contributed by atoms with Crippen molar-refractivity contribution in [2.75, 3.05) is 0 Å². The second kappa shape index (κ2) is 9.13. The van der Waals surface area contributed by atoms with E-state index in [1.807, 2.05) is 48.5 Å². The number of benzene rings is 4. The lowest BCUT2D eigenvalue weighted by Gasteiger charge is -2.11. The van der Waals surface area contributed by atoms with E-state index in [0.29, 0.717) is 6.54 Å². The number of urea groups is 1. The molecule has 6 heteroatoms. The molecular formula is C30H22BrN3O2. The van der Waals surface area contributed by atoms with Crippen LogP contribution in [0.15, 0.2) is 107 Å². The number of amides is 3. The highest BCUT2D eigenvalue weighted by Crippen LogP contribution is 2.27. The molecule has 4 aromatic carbocycles. The van der Waals surface area contributed by atoms with Crippen molar-refractivity contribution in [3.63, 3.8) is 0 Å². The van der Waals surface area contributed by atoms with Crippen LogP contribution in [-0.2, 0) is 17.9 Å². The molecule has 0 spiro atoms. The Morgan fingerprint density at radius 1 is 0.778 bits per heavy atom. The van der Waals surface area contributed by atoms with E-state index in [1.54, 1.807) is 6.08 Å². The number of rotatable bonds is 5. The fourth-order valence-electron chi connectivity index (χ4n) is 4.78. The monoisotopic (exact) mass is 535 g/mol. The summed E-state index contributed by atoms with van der Waals surface area (Å²) in [5.41, 5.74) is 4.35. The number of hydrogen-bond acceptors (Lipinski definition) is 2. The van der Waals surface area contributed by atoms with Crippen LogP contribution in [0.1, 0.15) is 16.7 Å². The van der Waals surface area contributed by atoms with Crippen molar-refractivity contribution >= 4 is 55.6 Å². The van der Waals surface area contributed by atoms with Gasteiger partial charge in [-0.15, -0.1) is 0 Å². The normalized spacial score (nSPS) is 14.8. The number of carbonyl (C=O) groups excluding carboxylic acids is 2. The van der Waals surface area contributed by atoms with Gasteiger partial charge in [-0.3, -0.25) is 9.69 Å². The van der Waals surface area contributed by atoms with Gasteiger partial charge in [-0.2, -0.15) is 0 Å². The van der Waals surface area contributed by atoms with Crippen LogP contribution < -0.4 is 5.32 Å². The van der Waals surface area contributed by atoms with Crippen molar-refractivity contribution in [3.8, 4) is 0 Å². The second-order valence-corrected chi connectivity index (χ2v) is 9.79. The molecule has 0 radical (unpaired) electrons. The van der Waals surface area contributed by atoms with Gasteiger partial charge in [0, 0.05) is 33.7 Å². The number of nitrogens with one attached hydrogen (secondary N) is 1. The highest BCUT2D eigenvalue weighted by molar-refractivity contribution is 9.10. The van der Waals surface area contributed by atoms with Crippen LogP contribution in [-0.4, -0.2) is 21.4 Å². The number of aromatic nitrogens is 1. The smallest absolute Gasteiger partial charge is 0.329 e. The summed E-state index contributed by atoms with van der Waals surface area (Å²) in [5.74, 6) is -0.325. The molecule has 1 N–H and O–H groups in total. The van der Waals surface area contributed by atoms with Crippen molar-refractivity contribution in [2.45, 2.75) is 13.1 Å². The third-order valence-electron chi connectivity index (χ3n) is 6.56. The molecule has 176 valence electrons. The molecular weight excluding hydrogens is 514 g/mol. The van der Waals surface area contributed by atoms with E-state index in [-0.39, 0.29) is 18.1 Å². The van der Waals surface area contributed by atoms with Crippen LogP contribution in [0.4, 0.5) is 4.79 Å². The fourth-order valence-corrected chi connectivity index (χ4v) is 5.04. The van der Waals surface area contributed by atoms with Gasteiger partial charge < -0.3 is 9.88 Å². The number of halogens is 1. The lowest BCUT2D eigenvalue weighted by Crippen LogP contribution is -2.30. The van der Waals surface area contributed by atoms with Crippen LogP contribution in [0.2, 0.25) is 0 Å². The minimum absolute atomic E-state index is 0.220. The summed E-state index contributed by atoms with van der Waals surface area (Å²) in [6, 6.07) is 30.0. The molecule has 1 aliphatic heterocycles. The molecule has 36 heavy (non-hydrogen) atoms. The summed E-state index contributed by atoms with van der Waals surface area (Å²) < 4.78 is 3.15. The zero-order chi connectivity index (χ0) is 24.6. The molecule has 1 aromatic heterocycles. The maximum Gasteiger partial charge on any atom is 0.329 e. The van der Waals surface area contributed by atoms with E-state index in [2.05, 4.69) is 74.5 Å². The molecule has 5 aromatic rings. The number of carbonyl (C=O) groups is 2. The lowest BCUT2D eigenvalue weighted by molar-refractivity contribution is -0.123. The number of imide groups is 1. The van der Waals surface area contributed by atoms with E-state index in [9.17, 15) is 9.59 Å². The molecule has 0 bridgehead atoms. The van der Waals surface area contributed by atoms with Crippen molar-refractivity contribution in [2.24, 2.45) is 0 Å². The van der Waals surface area contributed by atoms with Crippen LogP contribution in [0.3, 0.4) is 0 Å². The van der Waals surface area contributed by atoms with Gasteiger partial charge in [0.1, 0.15) is 5.70 Å². The fraction of sp³-hybridized carbons (Fsp3) is 0.0667. The average Bonchev–Trinajstić information content (AvgIpc) is 3.37. The van der Waals surface area contributed by atoms with Gasteiger partial charge in [0.25, 0.3) is 5.91 Å². The second-order valence-electron chi connectivity index (χ2n) is 8.87. The molecule has 1 fully saturated rings. The van der Waals surface area contributed by atoms with Crippen LogP contribution in [0.5, 0.6) is 0 Å². The van der Waals surface area contributed by atoms with E-state index < -0.39 is 6.03 Å². The summed E-state index contributed by atoms with van der Waals surface area (Å²) in [5, 5.41) is 6.22. The zero-order valence-corrected chi connectivity index (χ0v) is 20.9. The van der Waals surface area contributed by atoms with Gasteiger partial charge in [0.2, 0.25) is 0 Å². The number of para-hydroxylation sites is 1. The zero-order valence-electron chi connectivity index (χ0n) is 19.3. The number of hydrogen-bond donors (Lipinski definition) is 1. The maximum atomic E-state index is 13.1. The van der Waals surface area contributed by atoms with Gasteiger partial charge in [-0.1, -0.05) is 88.7 Å². The lowest BCUT2D eigenvalue weighted by atomic mass is 10.0. The molecule has 3 amide bonds. The first-order valence-electron chi connectivity index (χ1n) is 11.7. The molecule has 0 saturated carbocycles. The van der Waals surface area contributed by atoms with Crippen molar-refractivity contribution < 1.29 is 9.59 Å². The van der Waals surface area contributed by atoms with Crippen LogP contribution in [0.25, 0.3) is 27.8 Å². The summed E-state index contributed by atoms with van der Waals surface area (Å²) in [6.07, 6.45) is 3.83. The Morgan fingerprint density at radius 2 is 1.50 bits per heavy atom. The van der Waals surface area contributed by atoms with Gasteiger partial charge in [-0.25, -0.2) is 4.79 Å². The predicted molar refractivity (Wildman–Crippen MR) is 146 cm³/mol. The molecule has 6 rings (SSSR count). The molecule has 0 unspecified atom stereocenters. The van der Waals surface area contributed by atoms with Gasteiger partial charge in [0.05, 0.1) is 6.54 Å². The van der Waals surface area contributed by atoms with E-state index in [0.717, 1.165) is 26.5 Å². The maximum absolute atomic E-state index is 13.1. The minimum atomic E-state index is -0.409. The first-order chi connectivity index (χ1) is 17.6.